The molecule has 4 nitrogen and oxygen atoms in total. The van der Waals surface area contributed by atoms with Crippen molar-refractivity contribution in [1.29, 1.82) is 0 Å². The normalized spacial score (nSPS) is 10.0. The maximum atomic E-state index is 13.3. The number of carbonyl (C=O) groups is 2. The molecule has 1 rings (SSSR count). The second-order valence-corrected chi connectivity index (χ2v) is 3.43. The molecule has 1 N–H and O–H groups in total. The van der Waals surface area contributed by atoms with Crippen molar-refractivity contribution in [3.63, 3.8) is 0 Å². The molecule has 0 atom stereocenters. The van der Waals surface area contributed by atoms with Crippen molar-refractivity contribution < 1.29 is 23.8 Å². The van der Waals surface area contributed by atoms with E-state index in [1.54, 1.807) is 0 Å². The summed E-state index contributed by atoms with van der Waals surface area (Å²) >= 11 is 0. The van der Waals surface area contributed by atoms with Crippen molar-refractivity contribution in [1.82, 2.24) is 0 Å². The van der Waals surface area contributed by atoms with Crippen LogP contribution in [0.2, 0.25) is 0 Å². The number of benzene rings is 1. The van der Waals surface area contributed by atoms with Crippen molar-refractivity contribution >= 4 is 12.3 Å². The summed E-state index contributed by atoms with van der Waals surface area (Å²) in [5.74, 6) is -1.70. The molecule has 17 heavy (non-hydrogen) atoms. The second kappa shape index (κ2) is 6.75. The summed E-state index contributed by atoms with van der Waals surface area (Å²) in [6.45, 7) is -0.00738. The lowest BCUT2D eigenvalue weighted by atomic mass is 10.2. The Bertz CT molecular complexity index is 403. The van der Waals surface area contributed by atoms with Gasteiger partial charge in [0.1, 0.15) is 0 Å². The van der Waals surface area contributed by atoms with Crippen LogP contribution in [0.4, 0.5) is 4.39 Å². The SMILES string of the molecule is O=Cc1cccc(F)c1OC(=O)CCCCO. The van der Waals surface area contributed by atoms with Crippen molar-refractivity contribution in [3.8, 4) is 5.75 Å². The van der Waals surface area contributed by atoms with Gasteiger partial charge in [0, 0.05) is 13.0 Å². The lowest BCUT2D eigenvalue weighted by molar-refractivity contribution is -0.134. The highest BCUT2D eigenvalue weighted by Crippen LogP contribution is 2.21. The number of ether oxygens (including phenoxy) is 1. The Balaban J connectivity index is 2.67. The molecule has 0 aliphatic rings. The molecule has 0 saturated carbocycles. The predicted molar refractivity (Wildman–Crippen MR) is 58.4 cm³/mol. The van der Waals surface area contributed by atoms with E-state index in [9.17, 15) is 14.0 Å². The third-order valence-electron chi connectivity index (χ3n) is 2.13. The predicted octanol–water partition coefficient (Wildman–Crippen LogP) is 1.71. The smallest absolute Gasteiger partial charge is 0.311 e. The number of hydrogen-bond donors (Lipinski definition) is 1. The van der Waals surface area contributed by atoms with E-state index < -0.39 is 11.8 Å². The molecule has 92 valence electrons. The second-order valence-electron chi connectivity index (χ2n) is 3.43. The first-order valence-corrected chi connectivity index (χ1v) is 5.24. The molecule has 1 aromatic carbocycles. The fourth-order valence-electron chi connectivity index (χ4n) is 1.27. The summed E-state index contributed by atoms with van der Waals surface area (Å²) in [4.78, 5) is 22.0. The average molecular weight is 240 g/mol. The monoisotopic (exact) mass is 240 g/mol. The summed E-state index contributed by atoms with van der Waals surface area (Å²) in [6.07, 6.45) is 1.44. The Labute approximate surface area is 98.0 Å². The highest BCUT2D eigenvalue weighted by molar-refractivity contribution is 5.82. The van der Waals surface area contributed by atoms with Gasteiger partial charge in [-0.15, -0.1) is 0 Å². The molecule has 0 saturated heterocycles. The summed E-state index contributed by atoms with van der Waals surface area (Å²) in [7, 11) is 0. The third-order valence-corrected chi connectivity index (χ3v) is 2.13. The molecule has 0 spiro atoms. The number of aldehydes is 1. The van der Waals surface area contributed by atoms with Crippen LogP contribution < -0.4 is 4.74 Å². The first-order chi connectivity index (χ1) is 8.19. The Morgan fingerprint density at radius 2 is 2.18 bits per heavy atom. The Hall–Kier alpha value is -1.75. The molecule has 0 heterocycles. The molecule has 1 aromatic rings. The number of esters is 1. The number of rotatable bonds is 6. The van der Waals surface area contributed by atoms with Crippen LogP contribution in [0.25, 0.3) is 0 Å². The molecule has 0 aromatic heterocycles. The van der Waals surface area contributed by atoms with Gasteiger partial charge in [-0.1, -0.05) is 6.07 Å². The zero-order chi connectivity index (χ0) is 12.7. The first kappa shape index (κ1) is 13.3. The van der Waals surface area contributed by atoms with E-state index in [1.807, 2.05) is 0 Å². The zero-order valence-corrected chi connectivity index (χ0v) is 9.19. The number of hydrogen-bond acceptors (Lipinski definition) is 4. The Morgan fingerprint density at radius 3 is 2.82 bits per heavy atom. The van der Waals surface area contributed by atoms with Crippen molar-refractivity contribution in [2.24, 2.45) is 0 Å². The van der Waals surface area contributed by atoms with E-state index in [4.69, 9.17) is 9.84 Å². The number of unbranched alkanes of at least 4 members (excludes halogenated alkanes) is 1. The van der Waals surface area contributed by atoms with Crippen LogP contribution >= 0.6 is 0 Å². The van der Waals surface area contributed by atoms with Crippen LogP contribution in [0.1, 0.15) is 29.6 Å². The van der Waals surface area contributed by atoms with E-state index in [-0.39, 0.29) is 24.3 Å². The topological polar surface area (TPSA) is 63.6 Å². The highest BCUT2D eigenvalue weighted by atomic mass is 19.1. The fraction of sp³-hybridized carbons (Fsp3) is 0.333. The first-order valence-electron chi connectivity index (χ1n) is 5.24. The largest absolute Gasteiger partial charge is 0.423 e. The van der Waals surface area contributed by atoms with Gasteiger partial charge in [0.25, 0.3) is 0 Å². The molecule has 0 aliphatic carbocycles. The molecule has 0 radical (unpaired) electrons. The van der Waals surface area contributed by atoms with E-state index in [0.29, 0.717) is 19.1 Å². The van der Waals surface area contributed by atoms with Crippen LogP contribution in [0.5, 0.6) is 5.75 Å². The van der Waals surface area contributed by atoms with Crippen LogP contribution in [-0.4, -0.2) is 24.0 Å². The Kier molecular flexibility index (Phi) is 5.29. The Morgan fingerprint density at radius 1 is 1.41 bits per heavy atom. The average Bonchev–Trinajstić information content (AvgIpc) is 2.32. The third kappa shape index (κ3) is 3.96. The number of para-hydroxylation sites is 1. The van der Waals surface area contributed by atoms with Crippen LogP contribution in [0.15, 0.2) is 18.2 Å². The van der Waals surface area contributed by atoms with E-state index >= 15 is 0 Å². The van der Waals surface area contributed by atoms with Gasteiger partial charge in [-0.05, 0) is 25.0 Å². The maximum Gasteiger partial charge on any atom is 0.311 e. The standard InChI is InChI=1S/C12H13FO4/c13-10-5-3-4-9(8-15)12(10)17-11(16)6-1-2-7-14/h3-5,8,14H,1-2,6-7H2. The minimum atomic E-state index is -0.745. The maximum absolute atomic E-state index is 13.3. The summed E-state index contributed by atoms with van der Waals surface area (Å²) in [5, 5.41) is 8.54. The van der Waals surface area contributed by atoms with Crippen LogP contribution in [0, 0.1) is 5.82 Å². The van der Waals surface area contributed by atoms with Crippen molar-refractivity contribution in [2.45, 2.75) is 19.3 Å². The van der Waals surface area contributed by atoms with Gasteiger partial charge in [-0.3, -0.25) is 9.59 Å². The van der Waals surface area contributed by atoms with Crippen LogP contribution in [0.3, 0.4) is 0 Å². The number of carbonyl (C=O) groups excluding carboxylic acids is 2. The van der Waals surface area contributed by atoms with E-state index in [0.717, 1.165) is 6.07 Å². The number of halogens is 1. The van der Waals surface area contributed by atoms with E-state index in [1.165, 1.54) is 12.1 Å². The van der Waals surface area contributed by atoms with E-state index in [2.05, 4.69) is 0 Å². The zero-order valence-electron chi connectivity index (χ0n) is 9.19. The van der Waals surface area contributed by atoms with Crippen molar-refractivity contribution in [2.75, 3.05) is 6.61 Å². The van der Waals surface area contributed by atoms with Crippen LogP contribution in [-0.2, 0) is 4.79 Å². The van der Waals surface area contributed by atoms with Gasteiger partial charge in [0.15, 0.2) is 17.9 Å². The van der Waals surface area contributed by atoms with Gasteiger partial charge in [-0.2, -0.15) is 0 Å². The highest BCUT2D eigenvalue weighted by Gasteiger charge is 2.13. The molecule has 0 bridgehead atoms. The summed E-state index contributed by atoms with van der Waals surface area (Å²) < 4.78 is 18.1. The molecule has 0 fully saturated rings. The summed E-state index contributed by atoms with van der Waals surface area (Å²) in [5.41, 5.74) is 0.000471. The fourth-order valence-corrected chi connectivity index (χ4v) is 1.27. The number of aliphatic hydroxyl groups is 1. The minimum absolute atomic E-state index is 0.000471. The van der Waals surface area contributed by atoms with Gasteiger partial charge >= 0.3 is 5.97 Å². The summed E-state index contributed by atoms with van der Waals surface area (Å²) in [6, 6.07) is 3.85. The lowest BCUT2D eigenvalue weighted by Crippen LogP contribution is -2.10. The van der Waals surface area contributed by atoms with Crippen molar-refractivity contribution in [3.05, 3.63) is 29.6 Å². The molecular weight excluding hydrogens is 227 g/mol. The molecule has 5 heteroatoms. The van der Waals surface area contributed by atoms with Gasteiger partial charge < -0.3 is 9.84 Å². The molecular formula is C12H13FO4. The molecule has 0 amide bonds. The lowest BCUT2D eigenvalue weighted by Gasteiger charge is -2.07. The quantitative estimate of drug-likeness (QED) is 0.356. The van der Waals surface area contributed by atoms with Gasteiger partial charge in [0.2, 0.25) is 0 Å². The molecule has 0 unspecified atom stereocenters. The molecule has 0 aliphatic heterocycles. The number of aliphatic hydroxyl groups excluding tert-OH is 1. The minimum Gasteiger partial charge on any atom is -0.423 e. The van der Waals surface area contributed by atoms with Gasteiger partial charge in [-0.25, -0.2) is 4.39 Å². The van der Waals surface area contributed by atoms with Gasteiger partial charge in [0.05, 0.1) is 5.56 Å².